The maximum Gasteiger partial charge on any atom is 0.272 e. The van der Waals surface area contributed by atoms with Gasteiger partial charge in [0.1, 0.15) is 5.69 Å². The lowest BCUT2D eigenvalue weighted by atomic mass is 10.1. The zero-order valence-electron chi connectivity index (χ0n) is 12.1. The molecule has 1 aromatic rings. The summed E-state index contributed by atoms with van der Waals surface area (Å²) in [4.78, 5) is 14.6. The summed E-state index contributed by atoms with van der Waals surface area (Å²) in [5.74, 6) is 0.103. The lowest BCUT2D eigenvalue weighted by Crippen LogP contribution is -2.49. The molecule has 0 radical (unpaired) electrons. The van der Waals surface area contributed by atoms with E-state index in [-0.39, 0.29) is 5.91 Å². The van der Waals surface area contributed by atoms with Crippen LogP contribution in [0.5, 0.6) is 0 Å². The Bertz CT molecular complexity index is 435. The number of carbonyl (C=O) groups is 1. The molecule has 0 spiro atoms. The van der Waals surface area contributed by atoms with Crippen molar-refractivity contribution >= 4 is 5.91 Å². The van der Waals surface area contributed by atoms with Crippen LogP contribution in [0.15, 0.2) is 6.07 Å². The minimum atomic E-state index is 0.103. The van der Waals surface area contributed by atoms with Crippen LogP contribution in [-0.2, 0) is 13.5 Å². The summed E-state index contributed by atoms with van der Waals surface area (Å²) in [7, 11) is 1.85. The van der Waals surface area contributed by atoms with Crippen LogP contribution in [0.3, 0.4) is 0 Å². The van der Waals surface area contributed by atoms with Crippen molar-refractivity contribution in [1.82, 2.24) is 20.0 Å². The monoisotopic (exact) mass is 264 g/mol. The summed E-state index contributed by atoms with van der Waals surface area (Å²) < 4.78 is 1.71. The number of nitrogens with one attached hydrogen (secondary N) is 1. The molecule has 0 aliphatic carbocycles. The third-order valence-corrected chi connectivity index (χ3v) is 3.82. The minimum Gasteiger partial charge on any atom is -0.333 e. The Morgan fingerprint density at radius 1 is 1.58 bits per heavy atom. The van der Waals surface area contributed by atoms with E-state index in [1.807, 2.05) is 24.9 Å². The van der Waals surface area contributed by atoms with E-state index in [0.29, 0.717) is 11.7 Å². The Labute approximate surface area is 115 Å². The first-order valence-corrected chi connectivity index (χ1v) is 7.22. The van der Waals surface area contributed by atoms with Crippen molar-refractivity contribution in [2.75, 3.05) is 19.6 Å². The van der Waals surface area contributed by atoms with Gasteiger partial charge in [-0.25, -0.2) is 0 Å². The molecule has 0 aromatic carbocycles. The van der Waals surface area contributed by atoms with Gasteiger partial charge < -0.3 is 10.2 Å². The van der Waals surface area contributed by atoms with Crippen molar-refractivity contribution in [3.05, 3.63) is 17.5 Å². The summed E-state index contributed by atoms with van der Waals surface area (Å²) in [6.07, 6.45) is 3.09. The summed E-state index contributed by atoms with van der Waals surface area (Å²) in [6, 6.07) is 2.23. The van der Waals surface area contributed by atoms with E-state index in [9.17, 15) is 4.79 Å². The summed E-state index contributed by atoms with van der Waals surface area (Å²) >= 11 is 0. The Hall–Kier alpha value is -1.36. The first kappa shape index (κ1) is 14.1. The normalized spacial score (nSPS) is 19.4. The van der Waals surface area contributed by atoms with Crippen LogP contribution in [0.1, 0.15) is 42.9 Å². The number of hydrogen-bond acceptors (Lipinski definition) is 3. The lowest BCUT2D eigenvalue weighted by molar-refractivity contribution is 0.0651. The van der Waals surface area contributed by atoms with Crippen LogP contribution in [-0.4, -0.2) is 46.3 Å². The number of rotatable bonds is 4. The van der Waals surface area contributed by atoms with Crippen LogP contribution in [0.25, 0.3) is 0 Å². The van der Waals surface area contributed by atoms with Gasteiger partial charge in [-0.1, -0.05) is 6.92 Å². The van der Waals surface area contributed by atoms with E-state index in [4.69, 9.17) is 0 Å². The van der Waals surface area contributed by atoms with Gasteiger partial charge in [-0.05, 0) is 38.8 Å². The van der Waals surface area contributed by atoms with E-state index in [0.717, 1.165) is 44.6 Å². The maximum absolute atomic E-state index is 12.7. The van der Waals surface area contributed by atoms with Crippen molar-refractivity contribution < 1.29 is 4.79 Å². The van der Waals surface area contributed by atoms with Crippen LogP contribution in [0.2, 0.25) is 0 Å². The van der Waals surface area contributed by atoms with E-state index < -0.39 is 0 Å². The molecule has 1 aromatic heterocycles. The van der Waals surface area contributed by atoms with Gasteiger partial charge in [-0.15, -0.1) is 0 Å². The van der Waals surface area contributed by atoms with Gasteiger partial charge in [0.05, 0.1) is 5.69 Å². The van der Waals surface area contributed by atoms with Gasteiger partial charge in [0.15, 0.2) is 0 Å². The number of aromatic nitrogens is 2. The maximum atomic E-state index is 12.7. The molecule has 0 bridgehead atoms. The second-order valence-corrected chi connectivity index (χ2v) is 5.09. The summed E-state index contributed by atoms with van der Waals surface area (Å²) in [5.41, 5.74) is 1.67. The molecule has 1 atom stereocenters. The van der Waals surface area contributed by atoms with Crippen molar-refractivity contribution in [2.45, 2.75) is 39.2 Å². The third-order valence-electron chi connectivity index (χ3n) is 3.82. The lowest BCUT2D eigenvalue weighted by Gasteiger charge is -2.33. The molecule has 1 aliphatic heterocycles. The second-order valence-electron chi connectivity index (χ2n) is 5.09. The Kier molecular flexibility index (Phi) is 4.58. The van der Waals surface area contributed by atoms with Gasteiger partial charge in [0, 0.05) is 26.2 Å². The van der Waals surface area contributed by atoms with Gasteiger partial charge in [-0.2, -0.15) is 5.10 Å². The smallest absolute Gasteiger partial charge is 0.272 e. The molecule has 2 rings (SSSR count). The molecule has 5 nitrogen and oxygen atoms in total. The Morgan fingerprint density at radius 2 is 2.37 bits per heavy atom. The molecule has 1 unspecified atom stereocenters. The van der Waals surface area contributed by atoms with E-state index >= 15 is 0 Å². The first-order valence-electron chi connectivity index (χ1n) is 7.22. The molecule has 2 heterocycles. The Balaban J connectivity index is 2.17. The summed E-state index contributed by atoms with van der Waals surface area (Å²) in [6.45, 7) is 6.81. The highest BCUT2D eigenvalue weighted by molar-refractivity contribution is 5.93. The van der Waals surface area contributed by atoms with Crippen LogP contribution in [0, 0.1) is 0 Å². The molecule has 1 aliphatic rings. The quantitative estimate of drug-likeness (QED) is 0.889. The van der Waals surface area contributed by atoms with Crippen LogP contribution in [0.4, 0.5) is 0 Å². The molecular weight excluding hydrogens is 240 g/mol. The SMILES string of the molecule is CCc1cc(C(=O)N(CC)C2CCCNC2)n(C)n1. The number of carbonyl (C=O) groups excluding carboxylic acids is 1. The number of nitrogens with zero attached hydrogens (tertiary/aromatic N) is 3. The average Bonchev–Trinajstić information content (AvgIpc) is 2.82. The van der Waals surface area contributed by atoms with Gasteiger partial charge in [-0.3, -0.25) is 9.48 Å². The fraction of sp³-hybridized carbons (Fsp3) is 0.714. The van der Waals surface area contributed by atoms with Gasteiger partial charge >= 0.3 is 0 Å². The number of piperidine rings is 1. The minimum absolute atomic E-state index is 0.103. The van der Waals surface area contributed by atoms with Crippen molar-refractivity contribution in [2.24, 2.45) is 7.05 Å². The molecule has 1 amide bonds. The highest BCUT2D eigenvalue weighted by atomic mass is 16.2. The van der Waals surface area contributed by atoms with Gasteiger partial charge in [0.2, 0.25) is 0 Å². The molecular formula is C14H24N4O. The molecule has 1 saturated heterocycles. The number of hydrogen-bond donors (Lipinski definition) is 1. The van der Waals surface area contributed by atoms with Crippen LogP contribution < -0.4 is 5.32 Å². The topological polar surface area (TPSA) is 50.2 Å². The molecule has 106 valence electrons. The Morgan fingerprint density at radius 3 is 2.89 bits per heavy atom. The molecule has 0 saturated carbocycles. The fourth-order valence-corrected chi connectivity index (χ4v) is 2.71. The second kappa shape index (κ2) is 6.19. The van der Waals surface area contributed by atoms with Crippen LogP contribution >= 0.6 is 0 Å². The highest BCUT2D eigenvalue weighted by Crippen LogP contribution is 2.15. The number of amides is 1. The predicted octanol–water partition coefficient (Wildman–Crippen LogP) is 1.20. The van der Waals surface area contributed by atoms with E-state index in [1.54, 1.807) is 4.68 Å². The zero-order chi connectivity index (χ0) is 13.8. The van der Waals surface area contributed by atoms with Gasteiger partial charge in [0.25, 0.3) is 5.91 Å². The van der Waals surface area contributed by atoms with Crippen molar-refractivity contribution in [3.63, 3.8) is 0 Å². The fourth-order valence-electron chi connectivity index (χ4n) is 2.71. The standard InChI is InChI=1S/C14H24N4O/c1-4-11-9-13(17(3)16-11)14(19)18(5-2)12-7-6-8-15-10-12/h9,12,15H,4-8,10H2,1-3H3. The molecule has 1 fully saturated rings. The summed E-state index contributed by atoms with van der Waals surface area (Å²) in [5, 5.41) is 7.74. The molecule has 1 N–H and O–H groups in total. The highest BCUT2D eigenvalue weighted by Gasteiger charge is 2.26. The zero-order valence-corrected chi connectivity index (χ0v) is 12.1. The molecule has 19 heavy (non-hydrogen) atoms. The predicted molar refractivity (Wildman–Crippen MR) is 75.2 cm³/mol. The first-order chi connectivity index (χ1) is 9.17. The van der Waals surface area contributed by atoms with E-state index in [1.165, 1.54) is 0 Å². The number of aryl methyl sites for hydroxylation is 2. The third kappa shape index (κ3) is 2.97. The average molecular weight is 264 g/mol. The van der Waals surface area contributed by atoms with Crippen molar-refractivity contribution in [3.8, 4) is 0 Å². The number of likely N-dealkylation sites (N-methyl/N-ethyl adjacent to an activating group) is 1. The van der Waals surface area contributed by atoms with E-state index in [2.05, 4.69) is 17.3 Å². The molecule has 5 heteroatoms. The van der Waals surface area contributed by atoms with Crippen molar-refractivity contribution in [1.29, 1.82) is 0 Å². The largest absolute Gasteiger partial charge is 0.333 e.